The Morgan fingerprint density at radius 1 is 1.16 bits per heavy atom. The van der Waals surface area contributed by atoms with Gasteiger partial charge in [0.05, 0.1) is 12.6 Å². The molecule has 0 radical (unpaired) electrons. The molecule has 6 nitrogen and oxygen atoms in total. The molecule has 0 spiro atoms. The second-order valence-electron chi connectivity index (χ2n) is 5.06. The van der Waals surface area contributed by atoms with Crippen molar-refractivity contribution in [3.63, 3.8) is 0 Å². The largest absolute Gasteiger partial charge is 0.463 e. The Morgan fingerprint density at radius 2 is 1.80 bits per heavy atom. The third-order valence-corrected chi connectivity index (χ3v) is 3.65. The Balaban J connectivity index is 2.58. The number of amides is 1. The summed E-state index contributed by atoms with van der Waals surface area (Å²) in [7, 11) is 0. The zero-order valence-corrected chi connectivity index (χ0v) is 15.6. The third-order valence-electron chi connectivity index (χ3n) is 3.09. The van der Waals surface area contributed by atoms with Crippen molar-refractivity contribution in [3.8, 4) is 0 Å². The van der Waals surface area contributed by atoms with Gasteiger partial charge in [-0.25, -0.2) is 9.59 Å². The normalized spacial score (nSPS) is 13.2. The molecule has 1 N–H and O–H groups in total. The molecule has 0 aromatic heterocycles. The average Bonchev–Trinajstić information content (AvgIpc) is 2.52. The van der Waals surface area contributed by atoms with E-state index < -0.39 is 30.0 Å². The molecule has 1 rings (SSSR count). The van der Waals surface area contributed by atoms with Gasteiger partial charge in [0.25, 0.3) is 5.91 Å². The van der Waals surface area contributed by atoms with E-state index in [1.807, 2.05) is 0 Å². The van der Waals surface area contributed by atoms with Crippen LogP contribution in [0.25, 0.3) is 0 Å². The summed E-state index contributed by atoms with van der Waals surface area (Å²) >= 11 is 11.9. The van der Waals surface area contributed by atoms with Crippen LogP contribution in [0.1, 0.15) is 32.4 Å². The highest BCUT2D eigenvalue weighted by Crippen LogP contribution is 2.26. The average molecular weight is 388 g/mol. The lowest BCUT2D eigenvalue weighted by molar-refractivity contribution is -0.150. The number of rotatable bonds is 7. The van der Waals surface area contributed by atoms with Gasteiger partial charge in [-0.2, -0.15) is 0 Å². The maximum atomic E-state index is 12.1. The summed E-state index contributed by atoms with van der Waals surface area (Å²) in [6, 6.07) is 4.53. The van der Waals surface area contributed by atoms with Crippen molar-refractivity contribution in [2.45, 2.75) is 32.9 Å². The molecule has 0 fully saturated rings. The monoisotopic (exact) mass is 387 g/mol. The summed E-state index contributed by atoms with van der Waals surface area (Å²) < 4.78 is 9.56. The molecule has 25 heavy (non-hydrogen) atoms. The first-order valence-corrected chi connectivity index (χ1v) is 8.31. The van der Waals surface area contributed by atoms with Crippen molar-refractivity contribution in [2.24, 2.45) is 0 Å². The fourth-order valence-electron chi connectivity index (χ4n) is 1.85. The quantitative estimate of drug-likeness (QED) is 0.573. The summed E-state index contributed by atoms with van der Waals surface area (Å²) in [6.07, 6.45) is 0.793. The first kappa shape index (κ1) is 21.0. The molecule has 0 aliphatic rings. The maximum Gasteiger partial charge on any atom is 0.331 e. The third kappa shape index (κ3) is 7.15. The van der Waals surface area contributed by atoms with Crippen molar-refractivity contribution >= 4 is 41.0 Å². The van der Waals surface area contributed by atoms with Crippen LogP contribution >= 0.6 is 23.2 Å². The van der Waals surface area contributed by atoms with Crippen molar-refractivity contribution in [2.75, 3.05) is 6.61 Å². The smallest absolute Gasteiger partial charge is 0.331 e. The standard InChI is InChI=1S/C17H19Cl2NO5/c1-4-24-15(21)7-8-16(22)25-11(3)17(23)20-10(2)13-6-5-12(18)9-14(13)19/h5-11H,4H2,1-3H3,(H,20,23)/b8-7+/t10-,11+/m1/s1. The van der Waals surface area contributed by atoms with Crippen LogP contribution in [-0.2, 0) is 23.9 Å². The molecule has 0 saturated carbocycles. The van der Waals surface area contributed by atoms with E-state index in [0.29, 0.717) is 15.6 Å². The van der Waals surface area contributed by atoms with E-state index in [1.54, 1.807) is 32.0 Å². The minimum Gasteiger partial charge on any atom is -0.463 e. The fraction of sp³-hybridized carbons (Fsp3) is 0.353. The fourth-order valence-corrected chi connectivity index (χ4v) is 2.43. The van der Waals surface area contributed by atoms with E-state index in [-0.39, 0.29) is 6.61 Å². The van der Waals surface area contributed by atoms with Gasteiger partial charge in [0, 0.05) is 22.2 Å². The van der Waals surface area contributed by atoms with Crippen LogP contribution in [-0.4, -0.2) is 30.6 Å². The zero-order chi connectivity index (χ0) is 19.0. The molecule has 0 unspecified atom stereocenters. The highest BCUT2D eigenvalue weighted by molar-refractivity contribution is 6.35. The Bertz CT molecular complexity index is 675. The van der Waals surface area contributed by atoms with Crippen molar-refractivity contribution in [3.05, 3.63) is 46.0 Å². The molecule has 136 valence electrons. The minimum absolute atomic E-state index is 0.197. The highest BCUT2D eigenvalue weighted by Gasteiger charge is 2.20. The Kier molecular flexibility index (Phi) is 8.45. The number of hydrogen-bond acceptors (Lipinski definition) is 5. The highest BCUT2D eigenvalue weighted by atomic mass is 35.5. The van der Waals surface area contributed by atoms with Gasteiger partial charge in [-0.3, -0.25) is 4.79 Å². The Hall–Kier alpha value is -2.05. The van der Waals surface area contributed by atoms with Gasteiger partial charge in [0.2, 0.25) is 0 Å². The van der Waals surface area contributed by atoms with E-state index in [0.717, 1.165) is 12.2 Å². The van der Waals surface area contributed by atoms with Crippen molar-refractivity contribution < 1.29 is 23.9 Å². The van der Waals surface area contributed by atoms with Crippen LogP contribution in [0, 0.1) is 0 Å². The molecule has 0 heterocycles. The van der Waals surface area contributed by atoms with Crippen LogP contribution in [0.2, 0.25) is 10.0 Å². The zero-order valence-electron chi connectivity index (χ0n) is 14.0. The molecule has 8 heteroatoms. The van der Waals surface area contributed by atoms with E-state index in [2.05, 4.69) is 10.1 Å². The molecule has 1 aromatic carbocycles. The van der Waals surface area contributed by atoms with Gasteiger partial charge in [0.15, 0.2) is 6.10 Å². The summed E-state index contributed by atoms with van der Waals surface area (Å²) in [4.78, 5) is 34.8. The van der Waals surface area contributed by atoms with Gasteiger partial charge in [0.1, 0.15) is 0 Å². The SMILES string of the molecule is CCOC(=O)/C=C/C(=O)O[C@@H](C)C(=O)N[C@H](C)c1ccc(Cl)cc1Cl. The predicted molar refractivity (Wildman–Crippen MR) is 94.3 cm³/mol. The molecule has 2 atom stereocenters. The summed E-state index contributed by atoms with van der Waals surface area (Å²) in [6.45, 7) is 5.00. The summed E-state index contributed by atoms with van der Waals surface area (Å²) in [5, 5.41) is 3.60. The number of nitrogens with one attached hydrogen (secondary N) is 1. The van der Waals surface area contributed by atoms with Gasteiger partial charge < -0.3 is 14.8 Å². The number of esters is 2. The molecular formula is C17H19Cl2NO5. The number of benzene rings is 1. The first-order chi connectivity index (χ1) is 11.7. The second kappa shape index (κ2) is 10.1. The molecule has 0 saturated heterocycles. The van der Waals surface area contributed by atoms with Crippen LogP contribution < -0.4 is 5.32 Å². The Morgan fingerprint density at radius 3 is 2.40 bits per heavy atom. The van der Waals surface area contributed by atoms with E-state index >= 15 is 0 Å². The van der Waals surface area contributed by atoms with E-state index in [4.69, 9.17) is 27.9 Å². The van der Waals surface area contributed by atoms with Crippen molar-refractivity contribution in [1.29, 1.82) is 0 Å². The van der Waals surface area contributed by atoms with Gasteiger partial charge in [-0.15, -0.1) is 0 Å². The van der Waals surface area contributed by atoms with Gasteiger partial charge in [-0.1, -0.05) is 29.3 Å². The maximum absolute atomic E-state index is 12.1. The van der Waals surface area contributed by atoms with Crippen molar-refractivity contribution in [1.82, 2.24) is 5.32 Å². The topological polar surface area (TPSA) is 81.7 Å². The molecule has 0 bridgehead atoms. The molecule has 0 aliphatic carbocycles. The molecule has 0 aliphatic heterocycles. The molecule has 1 amide bonds. The van der Waals surface area contributed by atoms with Gasteiger partial charge in [-0.05, 0) is 38.5 Å². The van der Waals surface area contributed by atoms with Gasteiger partial charge >= 0.3 is 11.9 Å². The predicted octanol–water partition coefficient (Wildman–Crippen LogP) is 3.22. The summed E-state index contributed by atoms with van der Waals surface area (Å²) in [5.41, 5.74) is 0.681. The lowest BCUT2D eigenvalue weighted by Gasteiger charge is -2.19. The lowest BCUT2D eigenvalue weighted by Crippen LogP contribution is -2.37. The minimum atomic E-state index is -1.05. The number of ether oxygens (including phenoxy) is 2. The van der Waals surface area contributed by atoms with E-state index in [1.165, 1.54) is 6.92 Å². The second-order valence-corrected chi connectivity index (χ2v) is 5.90. The molecule has 1 aromatic rings. The van der Waals surface area contributed by atoms with Crippen LogP contribution in [0.3, 0.4) is 0 Å². The van der Waals surface area contributed by atoms with Crippen LogP contribution in [0.5, 0.6) is 0 Å². The molecular weight excluding hydrogens is 369 g/mol. The van der Waals surface area contributed by atoms with E-state index in [9.17, 15) is 14.4 Å². The number of hydrogen-bond donors (Lipinski definition) is 1. The lowest BCUT2D eigenvalue weighted by atomic mass is 10.1. The number of carbonyl (C=O) groups is 3. The first-order valence-electron chi connectivity index (χ1n) is 7.55. The number of halogens is 2. The Labute approximate surface area is 156 Å². The van der Waals surface area contributed by atoms with Crippen LogP contribution in [0.15, 0.2) is 30.4 Å². The van der Waals surface area contributed by atoms with Crippen LogP contribution in [0.4, 0.5) is 0 Å². The number of carbonyl (C=O) groups excluding carboxylic acids is 3. The summed E-state index contributed by atoms with van der Waals surface area (Å²) in [5.74, 6) is -1.99.